The maximum atomic E-state index is 12.2. The predicted octanol–water partition coefficient (Wildman–Crippen LogP) is 3.60. The lowest BCUT2D eigenvalue weighted by Crippen LogP contribution is -2.34. The number of ether oxygens (including phenoxy) is 3. The number of carbonyl (C=O) groups is 2. The summed E-state index contributed by atoms with van der Waals surface area (Å²) in [6.07, 6.45) is 0.350. The molecule has 1 aliphatic rings. The second kappa shape index (κ2) is 9.12. The zero-order valence-corrected chi connectivity index (χ0v) is 16.0. The maximum absolute atomic E-state index is 12.2. The van der Waals surface area contributed by atoms with Gasteiger partial charge in [0.15, 0.2) is 17.6 Å². The molecule has 2 amide bonds. The van der Waals surface area contributed by atoms with Gasteiger partial charge in [0.1, 0.15) is 5.75 Å². The Labute approximate surface area is 164 Å². The number of fused-ring (bicyclic) bond motifs is 1. The van der Waals surface area contributed by atoms with Crippen molar-refractivity contribution >= 4 is 23.2 Å². The first-order chi connectivity index (χ1) is 13.6. The average molecular weight is 384 g/mol. The first-order valence-corrected chi connectivity index (χ1v) is 9.33. The molecule has 2 N–H and O–H groups in total. The summed E-state index contributed by atoms with van der Waals surface area (Å²) in [5, 5.41) is 5.58. The van der Waals surface area contributed by atoms with E-state index in [0.29, 0.717) is 54.7 Å². The summed E-state index contributed by atoms with van der Waals surface area (Å²) in [5.41, 5.74) is 1.15. The standard InChI is InChI=1S/C21H24N2O5/c1-3-26-18-7-4-5-8-19(18)27-12-6-9-20(24)22-15-10-11-17-16(13-15)23-21(25)14(2)28-17/h4-5,7-8,10-11,13-14H,3,6,9,12H2,1-2H3,(H,22,24)(H,23,25)/t14-/m1/s1. The van der Waals surface area contributed by atoms with Gasteiger partial charge in [0.25, 0.3) is 5.91 Å². The zero-order chi connectivity index (χ0) is 19.9. The minimum absolute atomic E-state index is 0.127. The van der Waals surface area contributed by atoms with Crippen molar-refractivity contribution in [1.82, 2.24) is 0 Å². The Bertz CT molecular complexity index is 852. The van der Waals surface area contributed by atoms with Crippen LogP contribution in [0.2, 0.25) is 0 Å². The monoisotopic (exact) mass is 384 g/mol. The summed E-state index contributed by atoms with van der Waals surface area (Å²) in [6, 6.07) is 12.6. The minimum Gasteiger partial charge on any atom is -0.490 e. The second-order valence-electron chi connectivity index (χ2n) is 6.34. The Hall–Kier alpha value is -3.22. The minimum atomic E-state index is -0.527. The highest BCUT2D eigenvalue weighted by Gasteiger charge is 2.23. The van der Waals surface area contributed by atoms with E-state index in [1.165, 1.54) is 0 Å². The molecule has 0 radical (unpaired) electrons. The van der Waals surface area contributed by atoms with Gasteiger partial charge in [-0.3, -0.25) is 9.59 Å². The molecular weight excluding hydrogens is 360 g/mol. The molecule has 1 aliphatic heterocycles. The van der Waals surface area contributed by atoms with Gasteiger partial charge in [0.2, 0.25) is 5.91 Å². The van der Waals surface area contributed by atoms with Gasteiger partial charge in [-0.25, -0.2) is 0 Å². The molecule has 7 heteroatoms. The molecular formula is C21H24N2O5. The van der Waals surface area contributed by atoms with E-state index in [4.69, 9.17) is 14.2 Å². The number of anilines is 2. The van der Waals surface area contributed by atoms with Crippen LogP contribution in [0.5, 0.6) is 17.2 Å². The Morgan fingerprint density at radius 2 is 1.93 bits per heavy atom. The van der Waals surface area contributed by atoms with E-state index >= 15 is 0 Å². The molecule has 0 saturated carbocycles. The van der Waals surface area contributed by atoms with Crippen LogP contribution in [0.15, 0.2) is 42.5 Å². The molecule has 0 bridgehead atoms. The topological polar surface area (TPSA) is 85.9 Å². The van der Waals surface area contributed by atoms with Crippen LogP contribution in [0.25, 0.3) is 0 Å². The number of hydrogen-bond donors (Lipinski definition) is 2. The molecule has 0 aliphatic carbocycles. The summed E-state index contributed by atoms with van der Waals surface area (Å²) in [6.45, 7) is 4.57. The van der Waals surface area contributed by atoms with E-state index in [0.717, 1.165) is 0 Å². The van der Waals surface area contributed by atoms with Crippen molar-refractivity contribution in [2.75, 3.05) is 23.8 Å². The Kier molecular flexibility index (Phi) is 6.37. The number of nitrogens with one attached hydrogen (secondary N) is 2. The van der Waals surface area contributed by atoms with Crippen molar-refractivity contribution in [3.63, 3.8) is 0 Å². The lowest BCUT2D eigenvalue weighted by atomic mass is 10.2. The summed E-state index contributed by atoms with van der Waals surface area (Å²) >= 11 is 0. The van der Waals surface area contributed by atoms with Crippen LogP contribution in [0.3, 0.4) is 0 Å². The van der Waals surface area contributed by atoms with Gasteiger partial charge in [-0.2, -0.15) is 0 Å². The summed E-state index contributed by atoms with van der Waals surface area (Å²) in [7, 11) is 0. The summed E-state index contributed by atoms with van der Waals surface area (Å²) in [5.74, 6) is 1.62. The molecule has 1 atom stereocenters. The van der Waals surface area contributed by atoms with Crippen LogP contribution in [-0.4, -0.2) is 31.1 Å². The molecule has 0 fully saturated rings. The number of hydrogen-bond acceptors (Lipinski definition) is 5. The third-order valence-electron chi connectivity index (χ3n) is 4.15. The Morgan fingerprint density at radius 3 is 2.68 bits per heavy atom. The third kappa shape index (κ3) is 4.94. The van der Waals surface area contributed by atoms with E-state index in [-0.39, 0.29) is 11.8 Å². The molecule has 28 heavy (non-hydrogen) atoms. The van der Waals surface area contributed by atoms with Crippen LogP contribution in [0.4, 0.5) is 11.4 Å². The normalized spacial score (nSPS) is 15.1. The molecule has 3 rings (SSSR count). The quantitative estimate of drug-likeness (QED) is 0.679. The summed E-state index contributed by atoms with van der Waals surface area (Å²) in [4.78, 5) is 23.9. The highest BCUT2D eigenvalue weighted by Crippen LogP contribution is 2.32. The van der Waals surface area contributed by atoms with Crippen LogP contribution in [0, 0.1) is 0 Å². The Balaban J connectivity index is 1.46. The van der Waals surface area contributed by atoms with Gasteiger partial charge < -0.3 is 24.8 Å². The van der Waals surface area contributed by atoms with Crippen LogP contribution in [0.1, 0.15) is 26.7 Å². The highest BCUT2D eigenvalue weighted by atomic mass is 16.5. The largest absolute Gasteiger partial charge is 0.490 e. The van der Waals surface area contributed by atoms with Crippen molar-refractivity contribution in [1.29, 1.82) is 0 Å². The molecule has 1 heterocycles. The SMILES string of the molecule is CCOc1ccccc1OCCCC(=O)Nc1ccc2c(c1)NC(=O)[C@@H](C)O2. The predicted molar refractivity (Wildman–Crippen MR) is 106 cm³/mol. The highest BCUT2D eigenvalue weighted by molar-refractivity contribution is 5.99. The molecule has 0 unspecified atom stereocenters. The van der Waals surface area contributed by atoms with E-state index in [2.05, 4.69) is 10.6 Å². The number of amides is 2. The fraction of sp³-hybridized carbons (Fsp3) is 0.333. The van der Waals surface area contributed by atoms with E-state index in [1.54, 1.807) is 25.1 Å². The second-order valence-corrected chi connectivity index (χ2v) is 6.34. The average Bonchev–Trinajstić information content (AvgIpc) is 2.68. The van der Waals surface area contributed by atoms with Crippen molar-refractivity contribution in [3.05, 3.63) is 42.5 Å². The molecule has 0 spiro atoms. The number of rotatable bonds is 8. The van der Waals surface area contributed by atoms with Gasteiger partial charge in [-0.15, -0.1) is 0 Å². The van der Waals surface area contributed by atoms with Gasteiger partial charge in [-0.05, 0) is 50.6 Å². The molecule has 2 aromatic carbocycles. The summed E-state index contributed by atoms with van der Waals surface area (Å²) < 4.78 is 16.7. The third-order valence-corrected chi connectivity index (χ3v) is 4.15. The number of carbonyl (C=O) groups excluding carboxylic acids is 2. The molecule has 148 valence electrons. The van der Waals surface area contributed by atoms with Crippen LogP contribution < -0.4 is 24.8 Å². The lowest BCUT2D eigenvalue weighted by molar-refractivity contribution is -0.122. The first-order valence-electron chi connectivity index (χ1n) is 9.33. The molecule has 2 aromatic rings. The molecule has 7 nitrogen and oxygen atoms in total. The van der Waals surface area contributed by atoms with Gasteiger partial charge >= 0.3 is 0 Å². The van der Waals surface area contributed by atoms with Crippen molar-refractivity contribution in [3.8, 4) is 17.2 Å². The maximum Gasteiger partial charge on any atom is 0.265 e. The van der Waals surface area contributed by atoms with Gasteiger partial charge in [0.05, 0.1) is 18.9 Å². The van der Waals surface area contributed by atoms with Crippen LogP contribution in [-0.2, 0) is 9.59 Å². The first kappa shape index (κ1) is 19.5. The molecule has 0 saturated heterocycles. The lowest BCUT2D eigenvalue weighted by Gasteiger charge is -2.23. The Morgan fingerprint density at radius 1 is 1.18 bits per heavy atom. The van der Waals surface area contributed by atoms with E-state index in [9.17, 15) is 9.59 Å². The number of benzene rings is 2. The van der Waals surface area contributed by atoms with Crippen molar-refractivity contribution in [2.24, 2.45) is 0 Å². The van der Waals surface area contributed by atoms with Gasteiger partial charge in [-0.1, -0.05) is 12.1 Å². The van der Waals surface area contributed by atoms with E-state index in [1.807, 2.05) is 31.2 Å². The molecule has 0 aromatic heterocycles. The smallest absolute Gasteiger partial charge is 0.265 e. The van der Waals surface area contributed by atoms with Crippen LogP contribution >= 0.6 is 0 Å². The fourth-order valence-electron chi connectivity index (χ4n) is 2.77. The van der Waals surface area contributed by atoms with Crippen molar-refractivity contribution in [2.45, 2.75) is 32.8 Å². The van der Waals surface area contributed by atoms with E-state index < -0.39 is 6.10 Å². The van der Waals surface area contributed by atoms with Gasteiger partial charge in [0, 0.05) is 12.1 Å². The number of para-hydroxylation sites is 2. The zero-order valence-electron chi connectivity index (χ0n) is 16.0. The fourth-order valence-corrected chi connectivity index (χ4v) is 2.77. The van der Waals surface area contributed by atoms with Crippen molar-refractivity contribution < 1.29 is 23.8 Å².